The quantitative estimate of drug-likeness (QED) is 0.262. The lowest BCUT2D eigenvalue weighted by Crippen LogP contribution is -2.33. The topological polar surface area (TPSA) is 79.8 Å². The maximum absolute atomic E-state index is 12.5. The van der Waals surface area contributed by atoms with Gasteiger partial charge in [-0.1, -0.05) is 42.0 Å². The Morgan fingerprint density at radius 1 is 1.17 bits per heavy atom. The number of hydrogen-bond acceptors (Lipinski definition) is 6. The van der Waals surface area contributed by atoms with Crippen molar-refractivity contribution >= 4 is 20.0 Å². The fraction of sp³-hybridized carbons (Fsp3) is 0.348. The highest BCUT2D eigenvalue weighted by Crippen LogP contribution is 2.35. The van der Waals surface area contributed by atoms with Gasteiger partial charge in [0.2, 0.25) is 0 Å². The first-order valence-corrected chi connectivity index (χ1v) is 11.4. The number of nitrogens with one attached hydrogen (secondary N) is 2. The molecule has 6 nitrogen and oxygen atoms in total. The molecule has 0 saturated heterocycles. The minimum atomic E-state index is -1.10. The second kappa shape index (κ2) is 13.0. The zero-order valence-electron chi connectivity index (χ0n) is 17.8. The number of carbonyl (C=O) groups excluding carboxylic acids is 1. The third-order valence-corrected chi connectivity index (χ3v) is 6.12. The molecular weight excluding hydrogens is 399 g/mol. The third kappa shape index (κ3) is 8.54. The number of esters is 1. The van der Waals surface area contributed by atoms with E-state index in [1.807, 2.05) is 74.6 Å². The Morgan fingerprint density at radius 3 is 2.50 bits per heavy atom. The summed E-state index contributed by atoms with van der Waals surface area (Å²) in [5.41, 5.74) is 2.86. The Morgan fingerprint density at radius 2 is 1.87 bits per heavy atom. The van der Waals surface area contributed by atoms with Gasteiger partial charge in [0.15, 0.2) is 8.30 Å². The zero-order chi connectivity index (χ0) is 21.8. The maximum Gasteiger partial charge on any atom is 0.323 e. The Balaban J connectivity index is 1.91. The molecule has 0 heterocycles. The van der Waals surface area contributed by atoms with Crippen molar-refractivity contribution < 1.29 is 19.2 Å². The monoisotopic (exact) mass is 430 g/mol. The summed E-state index contributed by atoms with van der Waals surface area (Å²) < 4.78 is 11.5. The van der Waals surface area contributed by atoms with Gasteiger partial charge in [-0.25, -0.2) is 0 Å². The number of para-hydroxylation sites is 1. The predicted octanol–water partition coefficient (Wildman–Crippen LogP) is 4.47. The highest BCUT2D eigenvalue weighted by Gasteiger charge is 2.21. The molecule has 0 aliphatic heterocycles. The Bertz CT molecular complexity index is 797. The Hall–Kier alpha value is -2.40. The molecular formula is C23H31N2O4P. The Kier molecular flexibility index (Phi) is 10.4. The summed E-state index contributed by atoms with van der Waals surface area (Å²) in [6.07, 6.45) is 3.45. The minimum Gasteiger partial charge on any atom is -0.460 e. The van der Waals surface area contributed by atoms with Crippen LogP contribution >= 0.6 is 8.30 Å². The predicted molar refractivity (Wildman–Crippen MR) is 123 cm³/mol. The van der Waals surface area contributed by atoms with Gasteiger partial charge in [0.05, 0.1) is 6.61 Å². The fourth-order valence-electron chi connectivity index (χ4n) is 2.55. The highest BCUT2D eigenvalue weighted by atomic mass is 31.2. The van der Waals surface area contributed by atoms with Crippen molar-refractivity contribution in [1.29, 1.82) is 0 Å². The van der Waals surface area contributed by atoms with Crippen molar-refractivity contribution in [3.8, 4) is 5.75 Å². The molecule has 0 saturated carbocycles. The SMILES string of the molecule is CNc1ccc(COC(=O)C(C)NP(CC/C=C(\C)CO)Oc2ccccc2)cc1. The molecule has 2 unspecified atom stereocenters. The lowest BCUT2D eigenvalue weighted by Gasteiger charge is -2.22. The number of anilines is 1. The summed E-state index contributed by atoms with van der Waals surface area (Å²) in [5.74, 6) is 0.433. The number of hydrogen-bond donors (Lipinski definition) is 3. The van der Waals surface area contributed by atoms with Crippen LogP contribution in [-0.2, 0) is 16.1 Å². The van der Waals surface area contributed by atoms with E-state index in [2.05, 4.69) is 10.4 Å². The first kappa shape index (κ1) is 23.9. The average molecular weight is 430 g/mol. The minimum absolute atomic E-state index is 0.0446. The van der Waals surface area contributed by atoms with Crippen LogP contribution in [0.2, 0.25) is 0 Å². The van der Waals surface area contributed by atoms with Gasteiger partial charge in [0.25, 0.3) is 0 Å². The van der Waals surface area contributed by atoms with Gasteiger partial charge in [-0.3, -0.25) is 9.88 Å². The summed E-state index contributed by atoms with van der Waals surface area (Å²) >= 11 is 0. The number of carbonyl (C=O) groups is 1. The number of benzene rings is 2. The van der Waals surface area contributed by atoms with Crippen molar-refractivity contribution in [3.05, 3.63) is 71.8 Å². The van der Waals surface area contributed by atoms with Crippen LogP contribution in [0.1, 0.15) is 25.8 Å². The number of aliphatic hydroxyl groups is 1. The van der Waals surface area contributed by atoms with E-state index in [9.17, 15) is 4.79 Å². The van der Waals surface area contributed by atoms with Crippen LogP contribution in [0.15, 0.2) is 66.2 Å². The highest BCUT2D eigenvalue weighted by molar-refractivity contribution is 7.50. The molecule has 0 aliphatic rings. The van der Waals surface area contributed by atoms with Crippen LogP contribution < -0.4 is 14.9 Å². The lowest BCUT2D eigenvalue weighted by molar-refractivity contribution is -0.146. The van der Waals surface area contributed by atoms with Crippen LogP contribution in [0.4, 0.5) is 5.69 Å². The van der Waals surface area contributed by atoms with E-state index in [0.717, 1.165) is 29.0 Å². The first-order chi connectivity index (χ1) is 14.5. The Labute approximate surface area is 180 Å². The van der Waals surface area contributed by atoms with Gasteiger partial charge in [-0.2, -0.15) is 0 Å². The molecule has 2 aromatic carbocycles. The van der Waals surface area contributed by atoms with Crippen LogP contribution in [-0.4, -0.2) is 36.9 Å². The summed E-state index contributed by atoms with van der Waals surface area (Å²) in [4.78, 5) is 12.5. The number of aliphatic hydroxyl groups excluding tert-OH is 1. The number of allylic oxidation sites excluding steroid dienone is 1. The maximum atomic E-state index is 12.5. The molecule has 30 heavy (non-hydrogen) atoms. The van der Waals surface area contributed by atoms with Crippen LogP contribution in [0.3, 0.4) is 0 Å². The first-order valence-electron chi connectivity index (χ1n) is 9.98. The summed E-state index contributed by atoms with van der Waals surface area (Å²) in [7, 11) is 0.759. The van der Waals surface area contributed by atoms with E-state index < -0.39 is 14.3 Å². The van der Waals surface area contributed by atoms with Crippen molar-refractivity contribution in [2.45, 2.75) is 32.9 Å². The molecule has 7 heteroatoms. The number of rotatable bonds is 12. The normalized spacial score (nSPS) is 13.4. The van der Waals surface area contributed by atoms with Crippen molar-refractivity contribution in [1.82, 2.24) is 5.09 Å². The van der Waals surface area contributed by atoms with Crippen molar-refractivity contribution in [3.63, 3.8) is 0 Å². The van der Waals surface area contributed by atoms with E-state index in [1.165, 1.54) is 0 Å². The van der Waals surface area contributed by atoms with E-state index in [4.69, 9.17) is 14.4 Å². The molecule has 0 bridgehead atoms. The van der Waals surface area contributed by atoms with E-state index in [-0.39, 0.29) is 19.2 Å². The smallest absolute Gasteiger partial charge is 0.323 e. The molecule has 0 spiro atoms. The van der Waals surface area contributed by atoms with Crippen LogP contribution in [0, 0.1) is 0 Å². The molecule has 3 N–H and O–H groups in total. The van der Waals surface area contributed by atoms with E-state index in [1.54, 1.807) is 6.92 Å². The molecule has 2 rings (SSSR count). The summed E-state index contributed by atoms with van der Waals surface area (Å²) in [6.45, 7) is 3.94. The fourth-order valence-corrected chi connectivity index (χ4v) is 4.10. The molecule has 162 valence electrons. The van der Waals surface area contributed by atoms with Gasteiger partial charge in [0, 0.05) is 18.9 Å². The summed E-state index contributed by atoms with van der Waals surface area (Å²) in [5, 5.41) is 15.5. The van der Waals surface area contributed by atoms with Gasteiger partial charge in [-0.15, -0.1) is 0 Å². The molecule has 0 radical (unpaired) electrons. The summed E-state index contributed by atoms with van der Waals surface area (Å²) in [6, 6.07) is 16.8. The van der Waals surface area contributed by atoms with Crippen molar-refractivity contribution in [2.24, 2.45) is 0 Å². The van der Waals surface area contributed by atoms with E-state index >= 15 is 0 Å². The van der Waals surface area contributed by atoms with Crippen molar-refractivity contribution in [2.75, 3.05) is 25.1 Å². The van der Waals surface area contributed by atoms with E-state index in [0.29, 0.717) is 6.16 Å². The largest absolute Gasteiger partial charge is 0.460 e. The third-order valence-electron chi connectivity index (χ3n) is 4.35. The standard InChI is InChI=1S/C23H31N2O4P/c1-18(16-26)8-7-15-30(29-22-9-5-4-6-10-22)25-19(2)23(27)28-17-20-11-13-21(24-3)14-12-20/h4-6,8-14,19,24-26H,7,15-17H2,1-3H3/b18-8+. The van der Waals surface area contributed by atoms with Gasteiger partial charge in [0.1, 0.15) is 18.4 Å². The average Bonchev–Trinajstić information content (AvgIpc) is 2.78. The number of ether oxygens (including phenoxy) is 1. The van der Waals surface area contributed by atoms with Crippen LogP contribution in [0.5, 0.6) is 5.75 Å². The van der Waals surface area contributed by atoms with Gasteiger partial charge >= 0.3 is 5.97 Å². The molecule has 0 aromatic heterocycles. The molecule has 2 atom stereocenters. The second-order valence-electron chi connectivity index (χ2n) is 6.91. The van der Waals surface area contributed by atoms with Crippen LogP contribution in [0.25, 0.3) is 0 Å². The van der Waals surface area contributed by atoms with Gasteiger partial charge < -0.3 is 19.7 Å². The zero-order valence-corrected chi connectivity index (χ0v) is 18.7. The second-order valence-corrected chi connectivity index (χ2v) is 8.55. The molecule has 0 amide bonds. The molecule has 0 aliphatic carbocycles. The molecule has 0 fully saturated rings. The van der Waals surface area contributed by atoms with Gasteiger partial charge in [-0.05, 0) is 50.1 Å². The molecule has 2 aromatic rings. The lowest BCUT2D eigenvalue weighted by atomic mass is 10.2.